The molecule has 3 aliphatic rings. The third-order valence-electron chi connectivity index (χ3n) is 5.87. The third kappa shape index (κ3) is 3.44. The Labute approximate surface area is 149 Å². The molecule has 4 rings (SSSR count). The fourth-order valence-electron chi connectivity index (χ4n) is 4.52. The van der Waals surface area contributed by atoms with E-state index in [1.54, 1.807) is 0 Å². The molecule has 1 aliphatic carbocycles. The second-order valence-electron chi connectivity index (χ2n) is 7.93. The molecule has 1 saturated carbocycles. The predicted octanol–water partition coefficient (Wildman–Crippen LogP) is 2.71. The number of amides is 1. The molecule has 25 heavy (non-hydrogen) atoms. The average Bonchev–Trinajstić information content (AvgIpc) is 2.96. The number of aromatic nitrogens is 1. The molecule has 3 fully saturated rings. The van der Waals surface area contributed by atoms with Gasteiger partial charge in [-0.15, -0.1) is 0 Å². The predicted molar refractivity (Wildman–Crippen MR) is 93.9 cm³/mol. The average molecular weight is 344 g/mol. The van der Waals surface area contributed by atoms with E-state index in [4.69, 9.17) is 9.47 Å². The SMILES string of the molecule is Cc1cccc(CO[C@H]2CN(C(=O)C3CC(C)C3)[C@@H]3CCCO[C@H]23)n1. The summed E-state index contributed by atoms with van der Waals surface area (Å²) in [5, 5.41) is 0. The van der Waals surface area contributed by atoms with Crippen molar-refractivity contribution in [3.05, 3.63) is 29.6 Å². The van der Waals surface area contributed by atoms with Gasteiger partial charge in [0.2, 0.25) is 5.91 Å². The third-order valence-corrected chi connectivity index (χ3v) is 5.87. The number of carbonyl (C=O) groups is 1. The molecule has 0 radical (unpaired) electrons. The lowest BCUT2D eigenvalue weighted by molar-refractivity contribution is -0.143. The van der Waals surface area contributed by atoms with Crippen LogP contribution >= 0.6 is 0 Å². The van der Waals surface area contributed by atoms with Crippen LogP contribution in [0.15, 0.2) is 18.2 Å². The van der Waals surface area contributed by atoms with Gasteiger partial charge in [-0.3, -0.25) is 9.78 Å². The van der Waals surface area contributed by atoms with Crippen molar-refractivity contribution in [2.24, 2.45) is 11.8 Å². The molecular formula is C20H28N2O3. The van der Waals surface area contributed by atoms with Crippen molar-refractivity contribution >= 4 is 5.91 Å². The lowest BCUT2D eigenvalue weighted by atomic mass is 9.75. The van der Waals surface area contributed by atoms with Gasteiger partial charge in [0.15, 0.2) is 0 Å². The highest BCUT2D eigenvalue weighted by molar-refractivity contribution is 5.80. The van der Waals surface area contributed by atoms with Crippen LogP contribution in [0.2, 0.25) is 0 Å². The molecule has 5 nitrogen and oxygen atoms in total. The van der Waals surface area contributed by atoms with Crippen molar-refractivity contribution in [3.8, 4) is 0 Å². The molecular weight excluding hydrogens is 316 g/mol. The van der Waals surface area contributed by atoms with E-state index in [9.17, 15) is 4.79 Å². The Morgan fingerprint density at radius 2 is 2.24 bits per heavy atom. The molecule has 5 heteroatoms. The summed E-state index contributed by atoms with van der Waals surface area (Å²) in [4.78, 5) is 19.5. The van der Waals surface area contributed by atoms with Crippen LogP contribution in [-0.4, -0.2) is 47.2 Å². The summed E-state index contributed by atoms with van der Waals surface area (Å²) in [6, 6.07) is 6.16. The summed E-state index contributed by atoms with van der Waals surface area (Å²) < 4.78 is 12.2. The zero-order valence-corrected chi connectivity index (χ0v) is 15.2. The molecule has 0 N–H and O–H groups in total. The van der Waals surface area contributed by atoms with Gasteiger partial charge in [0.05, 0.1) is 18.3 Å². The highest BCUT2D eigenvalue weighted by Crippen LogP contribution is 2.38. The Morgan fingerprint density at radius 3 is 3.00 bits per heavy atom. The molecule has 0 bridgehead atoms. The molecule has 0 unspecified atom stereocenters. The minimum Gasteiger partial charge on any atom is -0.373 e. The van der Waals surface area contributed by atoms with Gasteiger partial charge in [0.1, 0.15) is 12.2 Å². The van der Waals surface area contributed by atoms with Crippen molar-refractivity contribution < 1.29 is 14.3 Å². The fraction of sp³-hybridized carbons (Fsp3) is 0.700. The number of fused-ring (bicyclic) bond motifs is 1. The number of ether oxygens (including phenoxy) is 2. The second-order valence-corrected chi connectivity index (χ2v) is 7.93. The minimum atomic E-state index is -0.0472. The lowest BCUT2D eigenvalue weighted by Crippen LogP contribution is -2.47. The van der Waals surface area contributed by atoms with E-state index >= 15 is 0 Å². The molecule has 2 saturated heterocycles. The Kier molecular flexibility index (Phi) is 4.78. The van der Waals surface area contributed by atoms with Crippen molar-refractivity contribution in [1.29, 1.82) is 0 Å². The topological polar surface area (TPSA) is 51.7 Å². The fourth-order valence-corrected chi connectivity index (χ4v) is 4.52. The summed E-state index contributed by atoms with van der Waals surface area (Å²) in [6.45, 7) is 6.11. The van der Waals surface area contributed by atoms with Crippen molar-refractivity contribution in [3.63, 3.8) is 0 Å². The number of rotatable bonds is 4. The van der Waals surface area contributed by atoms with E-state index in [2.05, 4.69) is 16.8 Å². The first-order chi connectivity index (χ1) is 12.1. The van der Waals surface area contributed by atoms with Gasteiger partial charge in [-0.25, -0.2) is 0 Å². The molecule has 2 aliphatic heterocycles. The lowest BCUT2D eigenvalue weighted by Gasteiger charge is -2.38. The zero-order valence-electron chi connectivity index (χ0n) is 15.2. The number of carbonyl (C=O) groups excluding carboxylic acids is 1. The summed E-state index contributed by atoms with van der Waals surface area (Å²) >= 11 is 0. The molecule has 3 heterocycles. The Bertz CT molecular complexity index is 629. The van der Waals surface area contributed by atoms with Gasteiger partial charge < -0.3 is 14.4 Å². The van der Waals surface area contributed by atoms with E-state index in [0.29, 0.717) is 25.0 Å². The number of hydrogen-bond donors (Lipinski definition) is 0. The Balaban J connectivity index is 1.42. The number of hydrogen-bond acceptors (Lipinski definition) is 4. The van der Waals surface area contributed by atoms with Gasteiger partial charge >= 0.3 is 0 Å². The van der Waals surface area contributed by atoms with Crippen LogP contribution in [0.25, 0.3) is 0 Å². The molecule has 1 aromatic rings. The van der Waals surface area contributed by atoms with E-state index in [1.165, 1.54) is 0 Å². The van der Waals surface area contributed by atoms with E-state index in [-0.39, 0.29) is 24.2 Å². The zero-order chi connectivity index (χ0) is 17.4. The summed E-state index contributed by atoms with van der Waals surface area (Å²) in [7, 11) is 0. The first-order valence-electron chi connectivity index (χ1n) is 9.58. The maximum atomic E-state index is 12.9. The normalized spacial score (nSPS) is 34.5. The Hall–Kier alpha value is -1.46. The largest absolute Gasteiger partial charge is 0.373 e. The number of likely N-dealkylation sites (tertiary alicyclic amines) is 1. The number of pyridine rings is 1. The standard InChI is InChI=1S/C20H28N2O3/c1-13-9-15(10-13)20(23)22-11-18(19-17(22)7-4-8-24-19)25-12-16-6-3-5-14(2)21-16/h3,5-6,13,15,17-19H,4,7-12H2,1-2H3/t13?,15?,17-,18+,19+/m1/s1. The van der Waals surface area contributed by atoms with Crippen molar-refractivity contribution in [2.45, 2.75) is 64.4 Å². The Morgan fingerprint density at radius 1 is 1.40 bits per heavy atom. The highest BCUT2D eigenvalue weighted by atomic mass is 16.5. The first kappa shape index (κ1) is 17.0. The van der Waals surface area contributed by atoms with E-state index < -0.39 is 0 Å². The first-order valence-corrected chi connectivity index (χ1v) is 9.58. The molecule has 0 aromatic carbocycles. The van der Waals surface area contributed by atoms with Crippen LogP contribution in [-0.2, 0) is 20.9 Å². The molecule has 136 valence electrons. The maximum Gasteiger partial charge on any atom is 0.226 e. The van der Waals surface area contributed by atoms with E-state index in [1.807, 2.05) is 25.1 Å². The second kappa shape index (κ2) is 7.04. The van der Waals surface area contributed by atoms with Crippen LogP contribution in [0.5, 0.6) is 0 Å². The minimum absolute atomic E-state index is 0.0139. The van der Waals surface area contributed by atoms with Crippen LogP contribution in [0.4, 0.5) is 0 Å². The smallest absolute Gasteiger partial charge is 0.226 e. The molecule has 1 amide bonds. The molecule has 1 aromatic heterocycles. The van der Waals surface area contributed by atoms with Crippen molar-refractivity contribution in [2.75, 3.05) is 13.2 Å². The van der Waals surface area contributed by atoms with Gasteiger partial charge in [-0.05, 0) is 50.7 Å². The monoisotopic (exact) mass is 344 g/mol. The van der Waals surface area contributed by atoms with Crippen LogP contribution < -0.4 is 0 Å². The number of aryl methyl sites for hydroxylation is 1. The van der Waals surface area contributed by atoms with Crippen LogP contribution in [0.3, 0.4) is 0 Å². The van der Waals surface area contributed by atoms with Crippen molar-refractivity contribution in [1.82, 2.24) is 9.88 Å². The summed E-state index contributed by atoms with van der Waals surface area (Å²) in [6.07, 6.45) is 4.09. The molecule has 0 spiro atoms. The number of nitrogens with zero attached hydrogens (tertiary/aromatic N) is 2. The van der Waals surface area contributed by atoms with Gasteiger partial charge in [-0.2, -0.15) is 0 Å². The van der Waals surface area contributed by atoms with E-state index in [0.717, 1.165) is 43.7 Å². The molecule has 3 atom stereocenters. The van der Waals surface area contributed by atoms with Crippen LogP contribution in [0, 0.1) is 18.8 Å². The maximum absolute atomic E-state index is 12.9. The van der Waals surface area contributed by atoms with Gasteiger partial charge in [0.25, 0.3) is 0 Å². The quantitative estimate of drug-likeness (QED) is 0.843. The van der Waals surface area contributed by atoms with Crippen LogP contribution in [0.1, 0.15) is 44.0 Å². The van der Waals surface area contributed by atoms with Gasteiger partial charge in [-0.1, -0.05) is 13.0 Å². The summed E-state index contributed by atoms with van der Waals surface area (Å²) in [5.74, 6) is 1.22. The highest BCUT2D eigenvalue weighted by Gasteiger charge is 2.49. The summed E-state index contributed by atoms with van der Waals surface area (Å²) in [5.41, 5.74) is 1.93. The van der Waals surface area contributed by atoms with Gasteiger partial charge in [0, 0.05) is 24.8 Å².